The Hall–Kier alpha value is -0.980. The number of aryl methyl sites for hydroxylation is 1. The number of carbonyl (C=O) groups excluding carboxylic acids is 1. The van der Waals surface area contributed by atoms with E-state index in [9.17, 15) is 9.90 Å². The van der Waals surface area contributed by atoms with Crippen LogP contribution in [0, 0.1) is 6.92 Å². The first-order chi connectivity index (χ1) is 8.45. The van der Waals surface area contributed by atoms with Gasteiger partial charge in [0.05, 0.1) is 18.4 Å². The van der Waals surface area contributed by atoms with Gasteiger partial charge in [0.2, 0.25) is 0 Å². The first-order valence-electron chi connectivity index (χ1n) is 5.84. The summed E-state index contributed by atoms with van der Waals surface area (Å²) in [5.74, 6) is -0.0481. The van der Waals surface area contributed by atoms with E-state index in [0.717, 1.165) is 10.7 Å². The number of aromatic nitrogens is 1. The molecule has 0 radical (unpaired) electrons. The normalized spacial score (nSPS) is 12.5. The summed E-state index contributed by atoms with van der Waals surface area (Å²) >= 11 is 1.36. The summed E-state index contributed by atoms with van der Waals surface area (Å²) in [5.41, 5.74) is 0.737. The van der Waals surface area contributed by atoms with Crippen LogP contribution in [0.25, 0.3) is 0 Å². The first kappa shape index (κ1) is 15.1. The molecule has 1 aromatic heterocycles. The van der Waals surface area contributed by atoms with Crippen LogP contribution in [0.3, 0.4) is 0 Å². The molecule has 1 N–H and O–H groups in total. The Bertz CT molecular complexity index is 404. The van der Waals surface area contributed by atoms with E-state index in [1.54, 1.807) is 26.0 Å². The maximum atomic E-state index is 12.2. The van der Waals surface area contributed by atoms with Crippen LogP contribution in [-0.2, 0) is 11.3 Å². The van der Waals surface area contributed by atoms with Gasteiger partial charge in [-0.05, 0) is 20.3 Å². The van der Waals surface area contributed by atoms with E-state index in [0.29, 0.717) is 24.4 Å². The molecule has 0 saturated carbocycles. The fourth-order valence-electron chi connectivity index (χ4n) is 1.49. The molecular formula is C12H20N2O3S. The van der Waals surface area contributed by atoms with Gasteiger partial charge in [0, 0.05) is 20.7 Å². The van der Waals surface area contributed by atoms with Crippen molar-refractivity contribution < 1.29 is 14.6 Å². The SMILES string of the molecule is COCc1nc(C)c(C(=O)N(C)CCC(C)O)s1. The quantitative estimate of drug-likeness (QED) is 0.851. The average Bonchev–Trinajstić information content (AvgIpc) is 2.66. The van der Waals surface area contributed by atoms with Crippen molar-refractivity contribution in [3.05, 3.63) is 15.6 Å². The molecule has 6 heteroatoms. The topological polar surface area (TPSA) is 62.7 Å². The third kappa shape index (κ3) is 4.04. The van der Waals surface area contributed by atoms with Crippen molar-refractivity contribution >= 4 is 17.2 Å². The summed E-state index contributed by atoms with van der Waals surface area (Å²) in [6.07, 6.45) is 0.178. The molecule has 0 fully saturated rings. The van der Waals surface area contributed by atoms with Crippen molar-refractivity contribution in [2.24, 2.45) is 0 Å². The number of hydrogen-bond donors (Lipinski definition) is 1. The number of aliphatic hydroxyl groups is 1. The van der Waals surface area contributed by atoms with E-state index < -0.39 is 6.10 Å². The maximum absolute atomic E-state index is 12.2. The summed E-state index contributed by atoms with van der Waals surface area (Å²) < 4.78 is 5.01. The van der Waals surface area contributed by atoms with Gasteiger partial charge in [0.1, 0.15) is 9.88 Å². The molecule has 5 nitrogen and oxygen atoms in total. The predicted octanol–water partition coefficient (Wildman–Crippen LogP) is 1.44. The van der Waals surface area contributed by atoms with Gasteiger partial charge in [-0.3, -0.25) is 4.79 Å². The molecule has 0 bridgehead atoms. The van der Waals surface area contributed by atoms with Crippen LogP contribution >= 0.6 is 11.3 Å². The molecule has 1 heterocycles. The molecule has 1 rings (SSSR count). The number of nitrogens with zero attached hydrogens (tertiary/aromatic N) is 2. The minimum atomic E-state index is -0.396. The van der Waals surface area contributed by atoms with Crippen LogP contribution in [0.15, 0.2) is 0 Å². The highest BCUT2D eigenvalue weighted by Gasteiger charge is 2.19. The Morgan fingerprint density at radius 3 is 2.83 bits per heavy atom. The molecule has 0 aromatic carbocycles. The molecule has 0 saturated heterocycles. The Labute approximate surface area is 111 Å². The zero-order valence-corrected chi connectivity index (χ0v) is 12.1. The summed E-state index contributed by atoms with van der Waals surface area (Å²) in [4.78, 5) is 18.7. The Morgan fingerprint density at radius 1 is 1.61 bits per heavy atom. The van der Waals surface area contributed by atoms with Crippen LogP contribution in [-0.4, -0.2) is 47.7 Å². The first-order valence-corrected chi connectivity index (χ1v) is 6.66. The number of amides is 1. The molecule has 1 unspecified atom stereocenters. The largest absolute Gasteiger partial charge is 0.393 e. The van der Waals surface area contributed by atoms with Gasteiger partial charge in [-0.25, -0.2) is 4.98 Å². The van der Waals surface area contributed by atoms with Crippen LogP contribution < -0.4 is 0 Å². The fourth-order valence-corrected chi connectivity index (χ4v) is 2.52. The smallest absolute Gasteiger partial charge is 0.265 e. The third-order valence-electron chi connectivity index (χ3n) is 2.53. The van der Waals surface area contributed by atoms with Gasteiger partial charge in [-0.2, -0.15) is 0 Å². The summed E-state index contributed by atoms with van der Waals surface area (Å²) in [6.45, 7) is 4.50. The van der Waals surface area contributed by atoms with E-state index in [2.05, 4.69) is 4.98 Å². The molecule has 0 spiro atoms. The lowest BCUT2D eigenvalue weighted by molar-refractivity contribution is 0.0773. The Morgan fingerprint density at radius 2 is 2.28 bits per heavy atom. The average molecular weight is 272 g/mol. The zero-order chi connectivity index (χ0) is 13.7. The Kier molecular flexibility index (Phi) is 5.71. The lowest BCUT2D eigenvalue weighted by Gasteiger charge is -2.17. The molecule has 0 aliphatic heterocycles. The number of thiazole rings is 1. The molecule has 1 atom stereocenters. The van der Waals surface area contributed by atoms with Gasteiger partial charge < -0.3 is 14.7 Å². The molecule has 0 aliphatic rings. The summed E-state index contributed by atoms with van der Waals surface area (Å²) in [5, 5.41) is 10.0. The van der Waals surface area contributed by atoms with Crippen molar-refractivity contribution in [3.63, 3.8) is 0 Å². The van der Waals surface area contributed by atoms with E-state index in [1.807, 2.05) is 6.92 Å². The molecule has 102 valence electrons. The number of methoxy groups -OCH3 is 1. The van der Waals surface area contributed by atoms with E-state index in [1.165, 1.54) is 11.3 Å². The number of ether oxygens (including phenoxy) is 1. The van der Waals surface area contributed by atoms with Crippen LogP contribution in [0.1, 0.15) is 33.7 Å². The van der Waals surface area contributed by atoms with Crippen LogP contribution in [0.2, 0.25) is 0 Å². The van der Waals surface area contributed by atoms with E-state index in [-0.39, 0.29) is 5.91 Å². The van der Waals surface area contributed by atoms with Gasteiger partial charge in [0.25, 0.3) is 5.91 Å². The van der Waals surface area contributed by atoms with Crippen LogP contribution in [0.4, 0.5) is 0 Å². The van der Waals surface area contributed by atoms with Gasteiger partial charge in [-0.15, -0.1) is 11.3 Å². The maximum Gasteiger partial charge on any atom is 0.265 e. The second-order valence-corrected chi connectivity index (χ2v) is 5.40. The third-order valence-corrected chi connectivity index (χ3v) is 3.65. The highest BCUT2D eigenvalue weighted by atomic mass is 32.1. The van der Waals surface area contributed by atoms with Crippen molar-refractivity contribution in [2.45, 2.75) is 33.0 Å². The van der Waals surface area contributed by atoms with Gasteiger partial charge >= 0.3 is 0 Å². The Balaban J connectivity index is 2.70. The summed E-state index contributed by atoms with van der Waals surface area (Å²) in [6, 6.07) is 0. The fraction of sp³-hybridized carbons (Fsp3) is 0.667. The van der Waals surface area contributed by atoms with Gasteiger partial charge in [0.15, 0.2) is 0 Å². The van der Waals surface area contributed by atoms with Crippen molar-refractivity contribution in [1.29, 1.82) is 0 Å². The molecule has 1 aromatic rings. The minimum absolute atomic E-state index is 0.0481. The number of carbonyl (C=O) groups is 1. The molecule has 18 heavy (non-hydrogen) atoms. The number of rotatable bonds is 6. The second-order valence-electron chi connectivity index (χ2n) is 4.32. The predicted molar refractivity (Wildman–Crippen MR) is 70.8 cm³/mol. The van der Waals surface area contributed by atoms with Crippen molar-refractivity contribution in [3.8, 4) is 0 Å². The lowest BCUT2D eigenvalue weighted by atomic mass is 10.2. The van der Waals surface area contributed by atoms with E-state index >= 15 is 0 Å². The number of hydrogen-bond acceptors (Lipinski definition) is 5. The monoisotopic (exact) mass is 272 g/mol. The highest BCUT2D eigenvalue weighted by Crippen LogP contribution is 2.20. The molecule has 0 aliphatic carbocycles. The molecule has 1 amide bonds. The lowest BCUT2D eigenvalue weighted by Crippen LogP contribution is -2.29. The van der Waals surface area contributed by atoms with Crippen molar-refractivity contribution in [1.82, 2.24) is 9.88 Å². The minimum Gasteiger partial charge on any atom is -0.393 e. The number of aliphatic hydroxyl groups excluding tert-OH is 1. The van der Waals surface area contributed by atoms with Crippen molar-refractivity contribution in [2.75, 3.05) is 20.7 Å². The highest BCUT2D eigenvalue weighted by molar-refractivity contribution is 7.13. The summed E-state index contributed by atoms with van der Waals surface area (Å²) in [7, 11) is 3.34. The standard InChI is InChI=1S/C12H20N2O3S/c1-8(15)5-6-14(3)12(16)11-9(2)13-10(18-11)7-17-4/h8,15H,5-7H2,1-4H3. The zero-order valence-electron chi connectivity index (χ0n) is 11.3. The second kappa shape index (κ2) is 6.82. The van der Waals surface area contributed by atoms with Crippen LogP contribution in [0.5, 0.6) is 0 Å². The molecular weight excluding hydrogens is 252 g/mol. The van der Waals surface area contributed by atoms with Gasteiger partial charge in [-0.1, -0.05) is 0 Å². The van der Waals surface area contributed by atoms with E-state index in [4.69, 9.17) is 4.74 Å².